The zero-order chi connectivity index (χ0) is 14.6. The average molecular weight is 360 g/mol. The lowest BCUT2D eigenvalue weighted by molar-refractivity contribution is 0.270. The van der Waals surface area contributed by atoms with Crippen molar-refractivity contribution in [3.05, 3.63) is 28.7 Å². The van der Waals surface area contributed by atoms with Crippen LogP contribution in [0.2, 0.25) is 0 Å². The molecular weight excluding hydrogens is 338 g/mol. The van der Waals surface area contributed by atoms with E-state index in [9.17, 15) is 8.42 Å². The molecule has 0 aromatic heterocycles. The third kappa shape index (κ3) is 4.30. The molecule has 1 saturated carbocycles. The summed E-state index contributed by atoms with van der Waals surface area (Å²) in [6.45, 7) is 2.80. The van der Waals surface area contributed by atoms with Gasteiger partial charge >= 0.3 is 0 Å². The van der Waals surface area contributed by atoms with Gasteiger partial charge < -0.3 is 0 Å². The molecule has 1 aromatic rings. The number of halogens is 1. The van der Waals surface area contributed by atoms with Gasteiger partial charge in [-0.15, -0.1) is 0 Å². The number of nitrogens with one attached hydrogen (secondary N) is 1. The molecule has 0 amide bonds. The van der Waals surface area contributed by atoms with E-state index in [2.05, 4.69) is 27.6 Å². The smallest absolute Gasteiger partial charge is 0.211 e. The molecule has 0 aliphatic heterocycles. The molecule has 1 aromatic carbocycles. The Kier molecular flexibility index (Phi) is 5.64. The van der Waals surface area contributed by atoms with Gasteiger partial charge in [0.2, 0.25) is 10.0 Å². The van der Waals surface area contributed by atoms with E-state index in [1.54, 1.807) is 24.3 Å². The number of rotatable bonds is 5. The Morgan fingerprint density at radius 1 is 1.10 bits per heavy atom. The Morgan fingerprint density at radius 3 is 2.20 bits per heavy atom. The lowest BCUT2D eigenvalue weighted by Gasteiger charge is -2.27. The second-order valence-corrected chi connectivity index (χ2v) is 8.28. The summed E-state index contributed by atoms with van der Waals surface area (Å²) in [5.41, 5.74) is 0. The van der Waals surface area contributed by atoms with Gasteiger partial charge in [-0.2, -0.15) is 0 Å². The maximum Gasteiger partial charge on any atom is 0.240 e. The van der Waals surface area contributed by atoms with Gasteiger partial charge in [0.15, 0.2) is 0 Å². The summed E-state index contributed by atoms with van der Waals surface area (Å²) in [6, 6.07) is 6.75. The number of sulfonamides is 1. The highest BCUT2D eigenvalue weighted by Gasteiger charge is 2.22. The van der Waals surface area contributed by atoms with Crippen LogP contribution < -0.4 is 4.72 Å². The quantitative estimate of drug-likeness (QED) is 0.864. The first-order chi connectivity index (χ1) is 9.51. The van der Waals surface area contributed by atoms with E-state index in [-0.39, 0.29) is 0 Å². The fraction of sp³-hybridized carbons (Fsp3) is 0.600. The Morgan fingerprint density at radius 2 is 1.65 bits per heavy atom. The highest BCUT2D eigenvalue weighted by atomic mass is 79.9. The van der Waals surface area contributed by atoms with Crippen LogP contribution in [-0.2, 0) is 10.0 Å². The molecule has 0 radical (unpaired) electrons. The molecule has 0 atom stereocenters. The maximum atomic E-state index is 12.2. The second-order valence-electron chi connectivity index (χ2n) is 5.60. The van der Waals surface area contributed by atoms with E-state index >= 15 is 0 Å². The van der Waals surface area contributed by atoms with Crippen molar-refractivity contribution in [2.24, 2.45) is 11.8 Å². The van der Waals surface area contributed by atoms with Crippen LogP contribution >= 0.6 is 15.9 Å². The van der Waals surface area contributed by atoms with Gasteiger partial charge in [0.1, 0.15) is 0 Å². The Balaban J connectivity index is 1.88. The molecule has 1 fully saturated rings. The standard InChI is InChI=1S/C15H22BrNO2S/c1-2-12-3-5-13(6-4-12)11-17-20(18,19)15-9-7-14(16)8-10-15/h7-10,12-13,17H,2-6,11H2,1H3. The highest BCUT2D eigenvalue weighted by Crippen LogP contribution is 2.30. The van der Waals surface area contributed by atoms with Gasteiger partial charge in [0, 0.05) is 11.0 Å². The maximum absolute atomic E-state index is 12.2. The molecule has 112 valence electrons. The van der Waals surface area contributed by atoms with Gasteiger partial charge in [0.25, 0.3) is 0 Å². The van der Waals surface area contributed by atoms with Gasteiger partial charge in [-0.25, -0.2) is 13.1 Å². The minimum atomic E-state index is -3.37. The monoisotopic (exact) mass is 359 g/mol. The Labute approximate surface area is 130 Å². The number of hydrogen-bond donors (Lipinski definition) is 1. The molecule has 2 rings (SSSR count). The summed E-state index contributed by atoms with van der Waals surface area (Å²) >= 11 is 3.31. The van der Waals surface area contributed by atoms with Crippen LogP contribution in [0.5, 0.6) is 0 Å². The summed E-state index contributed by atoms with van der Waals surface area (Å²) in [6.07, 6.45) is 6.00. The molecule has 0 bridgehead atoms. The van der Waals surface area contributed by atoms with Crippen molar-refractivity contribution < 1.29 is 8.42 Å². The predicted octanol–water partition coefficient (Wildman–Crippen LogP) is 3.94. The summed E-state index contributed by atoms with van der Waals surface area (Å²) in [4.78, 5) is 0.336. The molecule has 20 heavy (non-hydrogen) atoms. The zero-order valence-corrected chi connectivity index (χ0v) is 14.2. The van der Waals surface area contributed by atoms with Crippen LogP contribution in [0.1, 0.15) is 39.0 Å². The summed E-state index contributed by atoms with van der Waals surface area (Å²) in [5, 5.41) is 0. The average Bonchev–Trinajstić information content (AvgIpc) is 2.46. The zero-order valence-electron chi connectivity index (χ0n) is 11.8. The normalized spacial score (nSPS) is 23.7. The fourth-order valence-electron chi connectivity index (χ4n) is 2.77. The van der Waals surface area contributed by atoms with E-state index in [1.165, 1.54) is 19.3 Å². The van der Waals surface area contributed by atoms with Crippen molar-refractivity contribution in [1.82, 2.24) is 4.72 Å². The van der Waals surface area contributed by atoms with Crippen molar-refractivity contribution in [3.8, 4) is 0 Å². The van der Waals surface area contributed by atoms with Gasteiger partial charge in [0.05, 0.1) is 4.90 Å². The number of hydrogen-bond acceptors (Lipinski definition) is 2. The van der Waals surface area contributed by atoms with Crippen molar-refractivity contribution in [2.45, 2.75) is 43.9 Å². The molecule has 0 saturated heterocycles. The molecule has 5 heteroatoms. The first kappa shape index (κ1) is 16.0. The van der Waals surface area contributed by atoms with E-state index < -0.39 is 10.0 Å². The SMILES string of the molecule is CCC1CCC(CNS(=O)(=O)c2ccc(Br)cc2)CC1. The van der Waals surface area contributed by atoms with E-state index in [0.717, 1.165) is 23.2 Å². The molecular formula is C15H22BrNO2S. The van der Waals surface area contributed by atoms with Gasteiger partial charge in [-0.3, -0.25) is 0 Å². The van der Waals surface area contributed by atoms with Crippen molar-refractivity contribution in [3.63, 3.8) is 0 Å². The summed E-state index contributed by atoms with van der Waals surface area (Å²) in [7, 11) is -3.37. The first-order valence-electron chi connectivity index (χ1n) is 7.26. The lowest BCUT2D eigenvalue weighted by atomic mass is 9.81. The lowest BCUT2D eigenvalue weighted by Crippen LogP contribution is -2.31. The molecule has 0 unspecified atom stereocenters. The fourth-order valence-corrected chi connectivity index (χ4v) is 4.15. The first-order valence-corrected chi connectivity index (χ1v) is 9.54. The van der Waals surface area contributed by atoms with Crippen LogP contribution in [0.25, 0.3) is 0 Å². The van der Waals surface area contributed by atoms with E-state index in [0.29, 0.717) is 17.4 Å². The van der Waals surface area contributed by atoms with Crippen molar-refractivity contribution >= 4 is 26.0 Å². The van der Waals surface area contributed by atoms with E-state index in [1.807, 2.05) is 0 Å². The topological polar surface area (TPSA) is 46.2 Å². The van der Waals surface area contributed by atoms with Crippen LogP contribution in [0.3, 0.4) is 0 Å². The number of benzene rings is 1. The summed E-state index contributed by atoms with van der Waals surface area (Å²) < 4.78 is 28.0. The summed E-state index contributed by atoms with van der Waals surface area (Å²) in [5.74, 6) is 1.33. The Bertz CT molecular complexity index is 519. The highest BCUT2D eigenvalue weighted by molar-refractivity contribution is 9.10. The van der Waals surface area contributed by atoms with Crippen LogP contribution in [0.15, 0.2) is 33.6 Å². The minimum absolute atomic E-state index is 0.336. The Hall–Kier alpha value is -0.390. The largest absolute Gasteiger partial charge is 0.240 e. The van der Waals surface area contributed by atoms with Crippen molar-refractivity contribution in [2.75, 3.05) is 6.54 Å². The third-order valence-corrected chi connectivity index (χ3v) is 6.20. The predicted molar refractivity (Wildman–Crippen MR) is 85.1 cm³/mol. The van der Waals surface area contributed by atoms with Gasteiger partial charge in [-0.1, -0.05) is 42.1 Å². The van der Waals surface area contributed by atoms with E-state index in [4.69, 9.17) is 0 Å². The second kappa shape index (κ2) is 7.05. The molecule has 1 aliphatic carbocycles. The van der Waals surface area contributed by atoms with Crippen LogP contribution in [-0.4, -0.2) is 15.0 Å². The van der Waals surface area contributed by atoms with Crippen LogP contribution in [0, 0.1) is 11.8 Å². The molecule has 1 N–H and O–H groups in total. The van der Waals surface area contributed by atoms with Crippen molar-refractivity contribution in [1.29, 1.82) is 0 Å². The molecule has 0 heterocycles. The minimum Gasteiger partial charge on any atom is -0.211 e. The molecule has 0 spiro atoms. The third-order valence-electron chi connectivity index (χ3n) is 4.23. The van der Waals surface area contributed by atoms with Crippen LogP contribution in [0.4, 0.5) is 0 Å². The molecule has 1 aliphatic rings. The molecule has 3 nitrogen and oxygen atoms in total. The van der Waals surface area contributed by atoms with Gasteiger partial charge in [-0.05, 0) is 48.9 Å².